The van der Waals surface area contributed by atoms with E-state index in [2.05, 4.69) is 26.6 Å². The quantitative estimate of drug-likeness (QED) is 0.604. The predicted molar refractivity (Wildman–Crippen MR) is 86.5 cm³/mol. The molecule has 4 aromatic rings. The van der Waals surface area contributed by atoms with Gasteiger partial charge < -0.3 is 10.1 Å². The Balaban J connectivity index is 1.92. The van der Waals surface area contributed by atoms with Gasteiger partial charge in [-0.05, 0) is 36.4 Å². The number of aromatic nitrogens is 3. The van der Waals surface area contributed by atoms with Gasteiger partial charge in [-0.25, -0.2) is 4.98 Å². The van der Waals surface area contributed by atoms with E-state index in [0.717, 1.165) is 33.2 Å². The van der Waals surface area contributed by atoms with Gasteiger partial charge in [-0.15, -0.1) is 0 Å². The van der Waals surface area contributed by atoms with Crippen LogP contribution in [0.15, 0.2) is 48.7 Å². The van der Waals surface area contributed by atoms with Gasteiger partial charge >= 0.3 is 0 Å². The fraction of sp³-hybridized carbons (Fsp3) is 0.0588. The highest BCUT2D eigenvalue weighted by Gasteiger charge is 2.11. The Morgan fingerprint density at radius 3 is 3.00 bits per heavy atom. The zero-order chi connectivity index (χ0) is 14.9. The van der Waals surface area contributed by atoms with E-state index in [9.17, 15) is 0 Å². The minimum atomic E-state index is 0.716. The first kappa shape index (κ1) is 12.6. The summed E-state index contributed by atoms with van der Waals surface area (Å²) >= 11 is 0. The normalized spacial score (nSPS) is 11.0. The highest BCUT2D eigenvalue weighted by atomic mass is 16.5. The molecule has 0 amide bonds. The lowest BCUT2D eigenvalue weighted by Crippen LogP contribution is -1.96. The summed E-state index contributed by atoms with van der Waals surface area (Å²) in [6.07, 6.45) is 1.88. The predicted octanol–water partition coefficient (Wildman–Crippen LogP) is 3.66. The molecule has 0 bridgehead atoms. The highest BCUT2D eigenvalue weighted by molar-refractivity contribution is 6.09. The van der Waals surface area contributed by atoms with Crippen LogP contribution < -0.4 is 10.1 Å². The molecular weight excluding hydrogens is 276 g/mol. The van der Waals surface area contributed by atoms with Crippen LogP contribution in [0.3, 0.4) is 0 Å². The maximum atomic E-state index is 5.30. The molecule has 2 aromatic heterocycles. The summed E-state index contributed by atoms with van der Waals surface area (Å²) in [5, 5.41) is 12.5. The summed E-state index contributed by atoms with van der Waals surface area (Å²) in [7, 11) is 1.66. The first-order chi connectivity index (χ1) is 10.8. The number of methoxy groups -OCH3 is 1. The van der Waals surface area contributed by atoms with Gasteiger partial charge in [-0.2, -0.15) is 5.10 Å². The number of anilines is 2. The molecule has 2 N–H and O–H groups in total. The fourth-order valence-corrected chi connectivity index (χ4v) is 2.50. The third-order valence-corrected chi connectivity index (χ3v) is 3.56. The Morgan fingerprint density at radius 1 is 1.23 bits per heavy atom. The monoisotopic (exact) mass is 289 g/mol. The fourth-order valence-electron chi connectivity index (χ4n) is 2.50. The van der Waals surface area contributed by atoms with Crippen molar-refractivity contribution >= 4 is 33.3 Å². The highest BCUT2D eigenvalue weighted by Crippen LogP contribution is 2.31. The number of hydrogen-bond donors (Lipinski definition) is 2. The van der Waals surface area contributed by atoms with Crippen LogP contribution in [-0.2, 0) is 0 Å². The summed E-state index contributed by atoms with van der Waals surface area (Å²) in [6.45, 7) is 0. The number of ether oxygens (including phenoxy) is 1. The summed E-state index contributed by atoms with van der Waals surface area (Å²) in [6, 6.07) is 16.5. The Morgan fingerprint density at radius 2 is 2.18 bits per heavy atom. The standard InChI is InChI=1S/C17H13N4O/c1-22-12-7-8-15-13(9-12)14-10-18-21-16(14)17(20-15)19-11-5-3-2-4-6-11/h2-3,5-10H,1H3,(H,18,21)(H,19,20). The van der Waals surface area contributed by atoms with Gasteiger partial charge in [0.25, 0.3) is 0 Å². The van der Waals surface area contributed by atoms with Gasteiger partial charge in [-0.3, -0.25) is 5.10 Å². The van der Waals surface area contributed by atoms with E-state index >= 15 is 0 Å². The van der Waals surface area contributed by atoms with Crippen molar-refractivity contribution in [2.24, 2.45) is 0 Å². The molecule has 0 unspecified atom stereocenters. The largest absolute Gasteiger partial charge is 0.497 e. The van der Waals surface area contributed by atoms with Gasteiger partial charge in [0, 0.05) is 22.7 Å². The smallest absolute Gasteiger partial charge is 0.159 e. The molecule has 2 aromatic carbocycles. The lowest BCUT2D eigenvalue weighted by Gasteiger charge is -2.09. The number of benzene rings is 2. The van der Waals surface area contributed by atoms with Crippen molar-refractivity contribution in [2.45, 2.75) is 0 Å². The SMILES string of the molecule is COc1ccc2nc(Nc3c[c]ccc3)c3n[nH]cc3c2c1. The molecule has 5 heteroatoms. The molecule has 0 saturated heterocycles. The van der Waals surface area contributed by atoms with Crippen LogP contribution in [-0.4, -0.2) is 22.3 Å². The molecule has 0 saturated carbocycles. The van der Waals surface area contributed by atoms with E-state index in [1.54, 1.807) is 7.11 Å². The average Bonchev–Trinajstić information content (AvgIpc) is 3.06. The number of H-pyrrole nitrogens is 1. The van der Waals surface area contributed by atoms with E-state index in [0.29, 0.717) is 5.82 Å². The molecular formula is C17H13N4O. The number of hydrogen-bond acceptors (Lipinski definition) is 4. The Labute approximate surface area is 126 Å². The lowest BCUT2D eigenvalue weighted by molar-refractivity contribution is 0.415. The molecule has 0 atom stereocenters. The van der Waals surface area contributed by atoms with Gasteiger partial charge in [0.15, 0.2) is 5.82 Å². The maximum Gasteiger partial charge on any atom is 0.159 e. The topological polar surface area (TPSA) is 62.8 Å². The summed E-state index contributed by atoms with van der Waals surface area (Å²) < 4.78 is 5.30. The van der Waals surface area contributed by atoms with E-state index in [1.165, 1.54) is 0 Å². The average molecular weight is 289 g/mol. The van der Waals surface area contributed by atoms with E-state index in [-0.39, 0.29) is 0 Å². The molecule has 22 heavy (non-hydrogen) atoms. The van der Waals surface area contributed by atoms with Crippen molar-refractivity contribution in [2.75, 3.05) is 12.4 Å². The summed E-state index contributed by atoms with van der Waals surface area (Å²) in [5.74, 6) is 1.52. The molecule has 5 nitrogen and oxygen atoms in total. The number of fused-ring (bicyclic) bond motifs is 3. The zero-order valence-corrected chi connectivity index (χ0v) is 11.9. The third kappa shape index (κ3) is 2.03. The number of aromatic amines is 1. The van der Waals surface area contributed by atoms with Crippen LogP contribution in [0.5, 0.6) is 5.75 Å². The molecule has 1 radical (unpaired) electrons. The Bertz CT molecular complexity index is 947. The Hall–Kier alpha value is -3.08. The van der Waals surface area contributed by atoms with Crippen LogP contribution in [0, 0.1) is 6.07 Å². The second kappa shape index (κ2) is 5.04. The molecule has 0 spiro atoms. The molecule has 0 aliphatic heterocycles. The second-order valence-electron chi connectivity index (χ2n) is 4.91. The van der Waals surface area contributed by atoms with Crippen molar-refractivity contribution < 1.29 is 4.74 Å². The van der Waals surface area contributed by atoms with Gasteiger partial charge in [0.05, 0.1) is 12.6 Å². The number of nitrogens with zero attached hydrogens (tertiary/aromatic N) is 2. The first-order valence-electron chi connectivity index (χ1n) is 6.89. The summed E-state index contributed by atoms with van der Waals surface area (Å²) in [4.78, 5) is 4.68. The van der Waals surface area contributed by atoms with Crippen LogP contribution >= 0.6 is 0 Å². The summed E-state index contributed by atoms with van der Waals surface area (Å²) in [5.41, 5.74) is 2.61. The van der Waals surface area contributed by atoms with Gasteiger partial charge in [-0.1, -0.05) is 12.1 Å². The van der Waals surface area contributed by atoms with E-state index in [1.807, 2.05) is 48.7 Å². The first-order valence-corrected chi connectivity index (χ1v) is 6.89. The molecule has 0 aliphatic rings. The van der Waals surface area contributed by atoms with Crippen LogP contribution in [0.2, 0.25) is 0 Å². The molecule has 0 fully saturated rings. The van der Waals surface area contributed by atoms with Crippen molar-refractivity contribution in [3.63, 3.8) is 0 Å². The Kier molecular flexibility index (Phi) is 2.89. The van der Waals surface area contributed by atoms with E-state index in [4.69, 9.17) is 4.74 Å². The van der Waals surface area contributed by atoms with Crippen LogP contribution in [0.1, 0.15) is 0 Å². The molecule has 107 valence electrons. The number of rotatable bonds is 3. The molecule has 2 heterocycles. The third-order valence-electron chi connectivity index (χ3n) is 3.56. The van der Waals surface area contributed by atoms with Crippen LogP contribution in [0.25, 0.3) is 21.8 Å². The minimum Gasteiger partial charge on any atom is -0.497 e. The van der Waals surface area contributed by atoms with Crippen molar-refractivity contribution in [3.05, 3.63) is 54.7 Å². The van der Waals surface area contributed by atoms with Gasteiger partial charge in [0.1, 0.15) is 11.3 Å². The van der Waals surface area contributed by atoms with Crippen molar-refractivity contribution in [1.29, 1.82) is 0 Å². The zero-order valence-electron chi connectivity index (χ0n) is 11.9. The number of pyridine rings is 1. The molecule has 0 aliphatic carbocycles. The van der Waals surface area contributed by atoms with E-state index < -0.39 is 0 Å². The second-order valence-corrected chi connectivity index (χ2v) is 4.91. The van der Waals surface area contributed by atoms with Crippen molar-refractivity contribution in [1.82, 2.24) is 15.2 Å². The van der Waals surface area contributed by atoms with Crippen molar-refractivity contribution in [3.8, 4) is 5.75 Å². The lowest BCUT2D eigenvalue weighted by atomic mass is 10.1. The number of nitrogens with one attached hydrogen (secondary N) is 2. The van der Waals surface area contributed by atoms with Gasteiger partial charge in [0.2, 0.25) is 0 Å². The maximum absolute atomic E-state index is 5.30. The van der Waals surface area contributed by atoms with Crippen LogP contribution in [0.4, 0.5) is 11.5 Å². The minimum absolute atomic E-state index is 0.716. The molecule has 4 rings (SSSR count).